The number of allylic oxidation sites excluding steroid dienone is 1. The number of carbonyl (C=O) groups is 1. The molecule has 1 heterocycles. The van der Waals surface area contributed by atoms with Crippen LogP contribution in [-0.4, -0.2) is 19.4 Å². The van der Waals surface area contributed by atoms with Gasteiger partial charge in [0.1, 0.15) is 12.4 Å². The fourth-order valence-corrected chi connectivity index (χ4v) is 2.59. The monoisotopic (exact) mass is 285 g/mol. The van der Waals surface area contributed by atoms with Gasteiger partial charge in [-0.1, -0.05) is 38.5 Å². The van der Waals surface area contributed by atoms with Gasteiger partial charge in [-0.05, 0) is 30.5 Å². The van der Waals surface area contributed by atoms with Gasteiger partial charge in [-0.15, -0.1) is 0 Å². The first-order valence-electron chi connectivity index (χ1n) is 7.54. The summed E-state index contributed by atoms with van der Waals surface area (Å²) < 4.78 is 5.70. The van der Waals surface area contributed by atoms with Crippen molar-refractivity contribution in [3.63, 3.8) is 0 Å². The smallest absolute Gasteiger partial charge is 0.198 e. The van der Waals surface area contributed by atoms with E-state index in [9.17, 15) is 4.79 Å². The Labute approximate surface area is 126 Å². The highest BCUT2D eigenvalue weighted by Gasteiger charge is 2.25. The minimum absolute atomic E-state index is 0.00829. The number of ether oxygens (including phenoxy) is 1. The van der Waals surface area contributed by atoms with Crippen LogP contribution < -0.4 is 10.1 Å². The second kappa shape index (κ2) is 7.11. The highest BCUT2D eigenvalue weighted by Crippen LogP contribution is 2.30. The first kappa shape index (κ1) is 15.4. The molecule has 2 rings (SSSR count). The first-order chi connectivity index (χ1) is 10.2. The Morgan fingerprint density at radius 2 is 2.10 bits per heavy atom. The molecule has 0 aromatic heterocycles. The van der Waals surface area contributed by atoms with Crippen LogP contribution in [0.3, 0.4) is 0 Å². The number of unbranched alkanes of at least 4 members (excludes halogenated alkanes) is 2. The summed E-state index contributed by atoms with van der Waals surface area (Å²) in [4.78, 5) is 12.8. The Morgan fingerprint density at radius 3 is 2.81 bits per heavy atom. The molecule has 1 aliphatic rings. The molecule has 21 heavy (non-hydrogen) atoms. The van der Waals surface area contributed by atoms with E-state index in [-0.39, 0.29) is 5.78 Å². The molecule has 0 atom stereocenters. The number of fused-ring (bicyclic) bond motifs is 1. The zero-order chi connectivity index (χ0) is 15.2. The molecule has 0 unspecified atom stereocenters. The van der Waals surface area contributed by atoms with Crippen LogP contribution in [0.25, 0.3) is 0 Å². The van der Waals surface area contributed by atoms with Gasteiger partial charge in [0.25, 0.3) is 0 Å². The van der Waals surface area contributed by atoms with E-state index in [4.69, 9.17) is 4.74 Å². The predicted molar refractivity (Wildman–Crippen MR) is 85.6 cm³/mol. The van der Waals surface area contributed by atoms with E-state index in [1.54, 1.807) is 0 Å². The largest absolute Gasteiger partial charge is 0.488 e. The number of hydrogen-bond donors (Lipinski definition) is 1. The highest BCUT2D eigenvalue weighted by molar-refractivity contribution is 6.14. The summed E-state index contributed by atoms with van der Waals surface area (Å²) >= 11 is 0. The minimum Gasteiger partial charge on any atom is -0.488 e. The van der Waals surface area contributed by atoms with Crippen LogP contribution in [0.1, 0.15) is 43.0 Å². The molecule has 3 heteroatoms. The van der Waals surface area contributed by atoms with Gasteiger partial charge in [0.15, 0.2) is 5.78 Å². The Bertz CT molecular complexity index is 572. The standard InChI is InChI=1S/C18H23NO2/c1-4-5-6-10-15(19-3)17-13(2)12-21-16-11-8-7-9-14(16)18(17)20/h7-9,11,19H,2,4-6,10,12H2,1,3H3/b17-15+. The summed E-state index contributed by atoms with van der Waals surface area (Å²) in [6.07, 6.45) is 4.26. The van der Waals surface area contributed by atoms with Crippen molar-refractivity contribution in [2.24, 2.45) is 0 Å². The highest BCUT2D eigenvalue weighted by atomic mass is 16.5. The van der Waals surface area contributed by atoms with E-state index in [0.29, 0.717) is 23.5 Å². The van der Waals surface area contributed by atoms with E-state index in [1.165, 1.54) is 0 Å². The van der Waals surface area contributed by atoms with Crippen molar-refractivity contribution in [3.8, 4) is 5.75 Å². The lowest BCUT2D eigenvalue weighted by molar-refractivity contribution is 0.103. The fourth-order valence-electron chi connectivity index (χ4n) is 2.59. The second-order valence-corrected chi connectivity index (χ2v) is 5.28. The van der Waals surface area contributed by atoms with Crippen LogP contribution in [-0.2, 0) is 0 Å². The zero-order valence-corrected chi connectivity index (χ0v) is 12.9. The number of carbonyl (C=O) groups excluding carboxylic acids is 1. The lowest BCUT2D eigenvalue weighted by atomic mass is 9.94. The van der Waals surface area contributed by atoms with E-state index >= 15 is 0 Å². The van der Waals surface area contributed by atoms with Gasteiger partial charge in [-0.25, -0.2) is 0 Å². The number of benzene rings is 1. The summed E-state index contributed by atoms with van der Waals surface area (Å²) in [5, 5.41) is 3.19. The van der Waals surface area contributed by atoms with Crippen LogP contribution in [0.5, 0.6) is 5.75 Å². The second-order valence-electron chi connectivity index (χ2n) is 5.28. The number of hydrogen-bond acceptors (Lipinski definition) is 3. The molecule has 3 nitrogen and oxygen atoms in total. The van der Waals surface area contributed by atoms with Crippen LogP contribution >= 0.6 is 0 Å². The average molecular weight is 285 g/mol. The molecular formula is C18H23NO2. The first-order valence-corrected chi connectivity index (χ1v) is 7.54. The molecule has 1 aliphatic heterocycles. The van der Waals surface area contributed by atoms with E-state index in [1.807, 2.05) is 31.3 Å². The van der Waals surface area contributed by atoms with E-state index in [0.717, 1.165) is 37.0 Å². The zero-order valence-electron chi connectivity index (χ0n) is 12.9. The predicted octanol–water partition coefficient (Wildman–Crippen LogP) is 3.87. The summed E-state index contributed by atoms with van der Waals surface area (Å²) in [5.74, 6) is 0.650. The third-order valence-corrected chi connectivity index (χ3v) is 3.75. The van der Waals surface area contributed by atoms with Crippen molar-refractivity contribution in [2.45, 2.75) is 32.6 Å². The summed E-state index contributed by atoms with van der Waals surface area (Å²) in [6, 6.07) is 7.39. The minimum atomic E-state index is 0.00829. The Balaban J connectivity index is 2.40. The molecule has 1 aromatic rings. The van der Waals surface area contributed by atoms with Gasteiger partial charge in [-0.2, -0.15) is 0 Å². The Morgan fingerprint density at radius 1 is 1.33 bits per heavy atom. The van der Waals surface area contributed by atoms with Crippen molar-refractivity contribution in [3.05, 3.63) is 53.3 Å². The van der Waals surface area contributed by atoms with E-state index < -0.39 is 0 Å². The maximum absolute atomic E-state index is 12.8. The number of Topliss-reactive ketones (excluding diaryl/α,β-unsaturated/α-hetero) is 1. The van der Waals surface area contributed by atoms with Crippen LogP contribution in [0, 0.1) is 0 Å². The van der Waals surface area contributed by atoms with Crippen molar-refractivity contribution in [1.82, 2.24) is 5.32 Å². The molecule has 1 N–H and O–H groups in total. The molecule has 0 saturated carbocycles. The Hall–Kier alpha value is -2.03. The summed E-state index contributed by atoms with van der Waals surface area (Å²) in [6.45, 7) is 6.57. The molecule has 0 bridgehead atoms. The number of ketones is 1. The lowest BCUT2D eigenvalue weighted by Crippen LogP contribution is -2.16. The van der Waals surface area contributed by atoms with Crippen LogP contribution in [0.15, 0.2) is 47.7 Å². The maximum Gasteiger partial charge on any atom is 0.198 e. The van der Waals surface area contributed by atoms with Crippen LogP contribution in [0.2, 0.25) is 0 Å². The van der Waals surface area contributed by atoms with Gasteiger partial charge >= 0.3 is 0 Å². The topological polar surface area (TPSA) is 38.3 Å². The van der Waals surface area contributed by atoms with Crippen molar-refractivity contribution >= 4 is 5.78 Å². The lowest BCUT2D eigenvalue weighted by Gasteiger charge is -2.14. The molecule has 0 fully saturated rings. The SMILES string of the molecule is C=C1COc2ccccc2C(=O)/C1=C(\CCCCC)NC. The Kier molecular flexibility index (Phi) is 5.20. The van der Waals surface area contributed by atoms with Gasteiger partial charge in [0.2, 0.25) is 0 Å². The average Bonchev–Trinajstić information content (AvgIpc) is 2.63. The molecule has 0 aliphatic carbocycles. The molecule has 112 valence electrons. The van der Waals surface area contributed by atoms with Gasteiger partial charge in [-0.3, -0.25) is 4.79 Å². The van der Waals surface area contributed by atoms with Gasteiger partial charge < -0.3 is 10.1 Å². The number of para-hydroxylation sites is 1. The summed E-state index contributed by atoms with van der Waals surface area (Å²) in [5.41, 5.74) is 3.03. The number of rotatable bonds is 5. The molecular weight excluding hydrogens is 262 g/mol. The fraction of sp³-hybridized carbons (Fsp3) is 0.389. The normalized spacial score (nSPS) is 16.9. The van der Waals surface area contributed by atoms with Gasteiger partial charge in [0, 0.05) is 18.3 Å². The molecule has 0 radical (unpaired) electrons. The molecule has 0 amide bonds. The van der Waals surface area contributed by atoms with Gasteiger partial charge in [0.05, 0.1) is 5.56 Å². The van der Waals surface area contributed by atoms with Crippen molar-refractivity contribution in [2.75, 3.05) is 13.7 Å². The van der Waals surface area contributed by atoms with Crippen molar-refractivity contribution < 1.29 is 9.53 Å². The third-order valence-electron chi connectivity index (χ3n) is 3.75. The third kappa shape index (κ3) is 3.35. The summed E-state index contributed by atoms with van der Waals surface area (Å²) in [7, 11) is 1.87. The quantitative estimate of drug-likeness (QED) is 0.659. The molecule has 0 saturated heterocycles. The number of nitrogens with one attached hydrogen (secondary N) is 1. The molecule has 1 aromatic carbocycles. The maximum atomic E-state index is 12.8. The molecule has 0 spiro atoms. The van der Waals surface area contributed by atoms with Crippen LogP contribution in [0.4, 0.5) is 0 Å². The van der Waals surface area contributed by atoms with E-state index in [2.05, 4.69) is 18.8 Å². The van der Waals surface area contributed by atoms with Crippen molar-refractivity contribution in [1.29, 1.82) is 0 Å².